The van der Waals surface area contributed by atoms with E-state index in [1.54, 1.807) is 30.1 Å². The van der Waals surface area contributed by atoms with Gasteiger partial charge in [-0.2, -0.15) is 0 Å². The van der Waals surface area contributed by atoms with Gasteiger partial charge in [-0.25, -0.2) is 4.39 Å². The van der Waals surface area contributed by atoms with Crippen molar-refractivity contribution in [2.45, 2.75) is 10.1 Å². The van der Waals surface area contributed by atoms with Crippen molar-refractivity contribution in [2.75, 3.05) is 5.73 Å². The zero-order valence-electron chi connectivity index (χ0n) is 8.01. The fourth-order valence-corrected chi connectivity index (χ4v) is 1.83. The molecule has 0 amide bonds. The second kappa shape index (κ2) is 3.90. The second-order valence-corrected chi connectivity index (χ2v) is 4.03. The predicted octanol–water partition coefficient (Wildman–Crippen LogP) is 1.69. The van der Waals surface area contributed by atoms with Crippen LogP contribution in [0.1, 0.15) is 0 Å². The quantitative estimate of drug-likeness (QED) is 0.789. The number of hydrogen-bond acceptors (Lipinski definition) is 4. The number of aromatic nitrogens is 3. The first-order valence-corrected chi connectivity index (χ1v) is 5.05. The molecular weight excluding hydrogens is 215 g/mol. The van der Waals surface area contributed by atoms with E-state index in [0.29, 0.717) is 15.7 Å². The number of halogens is 1. The first-order chi connectivity index (χ1) is 7.16. The molecule has 0 aliphatic rings. The molecule has 2 aromatic rings. The standard InChI is InChI=1S/C9H9FN4S/c1-14-5-12-13-9(14)15-8-3-2-6(11)4-7(8)10/h2-5H,11H2,1H3. The van der Waals surface area contributed by atoms with Crippen LogP contribution in [0.25, 0.3) is 0 Å². The fraction of sp³-hybridized carbons (Fsp3) is 0.111. The Morgan fingerprint density at radius 1 is 1.47 bits per heavy atom. The Morgan fingerprint density at radius 2 is 2.27 bits per heavy atom. The van der Waals surface area contributed by atoms with Gasteiger partial charge in [0.15, 0.2) is 5.16 Å². The molecule has 0 saturated heterocycles. The molecule has 0 saturated carbocycles. The van der Waals surface area contributed by atoms with Gasteiger partial charge in [-0.05, 0) is 30.0 Å². The van der Waals surface area contributed by atoms with Crippen molar-refractivity contribution in [3.05, 3.63) is 30.3 Å². The average molecular weight is 224 g/mol. The molecule has 0 aliphatic carbocycles. The molecule has 0 fully saturated rings. The van der Waals surface area contributed by atoms with E-state index < -0.39 is 0 Å². The third-order valence-corrected chi connectivity index (χ3v) is 2.93. The van der Waals surface area contributed by atoms with Gasteiger partial charge in [0.2, 0.25) is 0 Å². The van der Waals surface area contributed by atoms with Crippen LogP contribution in [0, 0.1) is 5.82 Å². The number of hydrogen-bond donors (Lipinski definition) is 1. The van der Waals surface area contributed by atoms with E-state index in [1.165, 1.54) is 17.8 Å². The van der Waals surface area contributed by atoms with Crippen LogP contribution in [-0.4, -0.2) is 14.8 Å². The molecule has 0 bridgehead atoms. The molecule has 0 aliphatic heterocycles. The Balaban J connectivity index is 2.29. The molecule has 4 nitrogen and oxygen atoms in total. The number of nitrogens with zero attached hydrogens (tertiary/aromatic N) is 3. The lowest BCUT2D eigenvalue weighted by Crippen LogP contribution is -1.91. The van der Waals surface area contributed by atoms with E-state index in [1.807, 2.05) is 0 Å². The monoisotopic (exact) mass is 224 g/mol. The van der Waals surface area contributed by atoms with Crippen LogP contribution in [0.15, 0.2) is 34.6 Å². The molecule has 1 aromatic carbocycles. The zero-order valence-corrected chi connectivity index (χ0v) is 8.83. The van der Waals surface area contributed by atoms with E-state index >= 15 is 0 Å². The highest BCUT2D eigenvalue weighted by Crippen LogP contribution is 2.28. The molecule has 15 heavy (non-hydrogen) atoms. The largest absolute Gasteiger partial charge is 0.399 e. The topological polar surface area (TPSA) is 56.7 Å². The van der Waals surface area contributed by atoms with Gasteiger partial charge in [-0.1, -0.05) is 0 Å². The Bertz CT molecular complexity index is 483. The Kier molecular flexibility index (Phi) is 2.59. The maximum Gasteiger partial charge on any atom is 0.195 e. The van der Waals surface area contributed by atoms with Gasteiger partial charge in [0.1, 0.15) is 12.1 Å². The number of rotatable bonds is 2. The summed E-state index contributed by atoms with van der Waals surface area (Å²) in [5.41, 5.74) is 5.86. The summed E-state index contributed by atoms with van der Waals surface area (Å²) in [7, 11) is 1.80. The van der Waals surface area contributed by atoms with Crippen LogP contribution in [-0.2, 0) is 7.05 Å². The fourth-order valence-electron chi connectivity index (χ4n) is 1.06. The van der Waals surface area contributed by atoms with Crippen LogP contribution >= 0.6 is 11.8 Å². The molecule has 2 N–H and O–H groups in total. The summed E-state index contributed by atoms with van der Waals surface area (Å²) in [6.07, 6.45) is 1.57. The van der Waals surface area contributed by atoms with Gasteiger partial charge in [0.25, 0.3) is 0 Å². The van der Waals surface area contributed by atoms with Crippen molar-refractivity contribution in [1.29, 1.82) is 0 Å². The van der Waals surface area contributed by atoms with Gasteiger partial charge in [0, 0.05) is 12.7 Å². The molecule has 0 atom stereocenters. The summed E-state index contributed by atoms with van der Waals surface area (Å²) in [5, 5.41) is 8.20. The molecule has 1 aromatic heterocycles. The van der Waals surface area contributed by atoms with Crippen LogP contribution in [0.5, 0.6) is 0 Å². The highest BCUT2D eigenvalue weighted by molar-refractivity contribution is 7.99. The second-order valence-electron chi connectivity index (χ2n) is 3.02. The van der Waals surface area contributed by atoms with Crippen molar-refractivity contribution < 1.29 is 4.39 Å². The highest BCUT2D eigenvalue weighted by Gasteiger charge is 2.08. The lowest BCUT2D eigenvalue weighted by molar-refractivity contribution is 0.602. The minimum atomic E-state index is -0.344. The molecule has 1 heterocycles. The number of anilines is 1. The van der Waals surface area contributed by atoms with Crippen molar-refractivity contribution >= 4 is 17.4 Å². The summed E-state index contributed by atoms with van der Waals surface area (Å²) in [6.45, 7) is 0. The number of aryl methyl sites for hydroxylation is 1. The van der Waals surface area contributed by atoms with Crippen LogP contribution in [0.2, 0.25) is 0 Å². The molecule has 78 valence electrons. The first-order valence-electron chi connectivity index (χ1n) is 4.23. The van der Waals surface area contributed by atoms with Gasteiger partial charge < -0.3 is 10.3 Å². The van der Waals surface area contributed by atoms with E-state index in [0.717, 1.165) is 0 Å². The van der Waals surface area contributed by atoms with E-state index in [2.05, 4.69) is 10.2 Å². The molecule has 6 heteroatoms. The Labute approximate surface area is 90.3 Å². The zero-order chi connectivity index (χ0) is 10.8. The lowest BCUT2D eigenvalue weighted by Gasteiger charge is -2.02. The summed E-state index contributed by atoms with van der Waals surface area (Å²) in [6, 6.07) is 4.57. The number of nitrogen functional groups attached to an aromatic ring is 1. The molecule has 2 rings (SSSR count). The van der Waals surface area contributed by atoms with Crippen molar-refractivity contribution in [3.63, 3.8) is 0 Å². The average Bonchev–Trinajstić information content (AvgIpc) is 2.57. The van der Waals surface area contributed by atoms with Gasteiger partial charge in [-0.15, -0.1) is 10.2 Å². The number of nitrogens with two attached hydrogens (primary N) is 1. The minimum absolute atomic E-state index is 0.344. The highest BCUT2D eigenvalue weighted by atomic mass is 32.2. The van der Waals surface area contributed by atoms with Crippen LogP contribution in [0.3, 0.4) is 0 Å². The summed E-state index contributed by atoms with van der Waals surface area (Å²) in [4.78, 5) is 0.486. The lowest BCUT2D eigenvalue weighted by atomic mass is 10.3. The van der Waals surface area contributed by atoms with Gasteiger partial charge in [0.05, 0.1) is 4.90 Å². The summed E-state index contributed by atoms with van der Waals surface area (Å²) < 4.78 is 15.1. The molecule has 0 unspecified atom stereocenters. The molecular formula is C9H9FN4S. The van der Waals surface area contributed by atoms with Crippen molar-refractivity contribution in [3.8, 4) is 0 Å². The maximum atomic E-state index is 13.4. The van der Waals surface area contributed by atoms with Crippen LogP contribution < -0.4 is 5.73 Å². The number of benzene rings is 1. The van der Waals surface area contributed by atoms with E-state index in [-0.39, 0.29) is 5.82 Å². The third kappa shape index (κ3) is 2.10. The summed E-state index contributed by atoms with van der Waals surface area (Å²) >= 11 is 1.21. The summed E-state index contributed by atoms with van der Waals surface area (Å²) in [5.74, 6) is -0.344. The Morgan fingerprint density at radius 3 is 2.87 bits per heavy atom. The van der Waals surface area contributed by atoms with E-state index in [4.69, 9.17) is 5.73 Å². The Hall–Kier alpha value is -1.56. The van der Waals surface area contributed by atoms with Gasteiger partial charge >= 0.3 is 0 Å². The molecule has 0 radical (unpaired) electrons. The maximum absolute atomic E-state index is 13.4. The first kappa shape index (κ1) is 9.97. The van der Waals surface area contributed by atoms with E-state index in [9.17, 15) is 4.39 Å². The van der Waals surface area contributed by atoms with Crippen LogP contribution in [0.4, 0.5) is 10.1 Å². The smallest absolute Gasteiger partial charge is 0.195 e. The van der Waals surface area contributed by atoms with Gasteiger partial charge in [-0.3, -0.25) is 0 Å². The van der Waals surface area contributed by atoms with Crippen molar-refractivity contribution in [2.24, 2.45) is 7.05 Å². The minimum Gasteiger partial charge on any atom is -0.399 e. The normalized spacial score (nSPS) is 10.5. The third-order valence-electron chi connectivity index (χ3n) is 1.83. The predicted molar refractivity (Wildman–Crippen MR) is 55.9 cm³/mol. The van der Waals surface area contributed by atoms with Crippen molar-refractivity contribution in [1.82, 2.24) is 14.8 Å². The molecule has 0 spiro atoms. The SMILES string of the molecule is Cn1cnnc1Sc1ccc(N)cc1F.